The Hall–Kier alpha value is -1.44. The SMILES string of the molecule is CC(c1ccc[nH]1)c1ccc[nH]1. The molecule has 0 aliphatic carbocycles. The first-order valence-corrected chi connectivity index (χ1v) is 4.14. The molecule has 62 valence electrons. The molecular weight excluding hydrogens is 148 g/mol. The van der Waals surface area contributed by atoms with E-state index in [1.165, 1.54) is 11.4 Å². The van der Waals surface area contributed by atoms with Crippen LogP contribution < -0.4 is 0 Å². The van der Waals surface area contributed by atoms with Crippen LogP contribution in [0.1, 0.15) is 24.2 Å². The van der Waals surface area contributed by atoms with Crippen molar-refractivity contribution in [1.82, 2.24) is 9.97 Å². The molecule has 12 heavy (non-hydrogen) atoms. The van der Waals surface area contributed by atoms with Crippen LogP contribution in [-0.4, -0.2) is 9.97 Å². The normalized spacial score (nSPS) is 10.8. The Morgan fingerprint density at radius 3 is 1.83 bits per heavy atom. The van der Waals surface area contributed by atoms with Gasteiger partial charge < -0.3 is 9.97 Å². The van der Waals surface area contributed by atoms with Gasteiger partial charge in [-0.1, -0.05) is 6.92 Å². The van der Waals surface area contributed by atoms with Crippen LogP contribution >= 0.6 is 0 Å². The second-order valence-corrected chi connectivity index (χ2v) is 2.97. The monoisotopic (exact) mass is 160 g/mol. The van der Waals surface area contributed by atoms with Gasteiger partial charge in [0.2, 0.25) is 0 Å². The molecule has 0 unspecified atom stereocenters. The van der Waals surface area contributed by atoms with E-state index < -0.39 is 0 Å². The quantitative estimate of drug-likeness (QED) is 0.676. The maximum atomic E-state index is 3.21. The van der Waals surface area contributed by atoms with Gasteiger partial charge >= 0.3 is 0 Å². The van der Waals surface area contributed by atoms with Gasteiger partial charge in [-0.3, -0.25) is 0 Å². The van der Waals surface area contributed by atoms with E-state index in [2.05, 4.69) is 29.0 Å². The van der Waals surface area contributed by atoms with E-state index >= 15 is 0 Å². The zero-order valence-electron chi connectivity index (χ0n) is 7.04. The highest BCUT2D eigenvalue weighted by Crippen LogP contribution is 2.19. The highest BCUT2D eigenvalue weighted by Gasteiger charge is 2.08. The van der Waals surface area contributed by atoms with Crippen molar-refractivity contribution in [2.24, 2.45) is 0 Å². The summed E-state index contributed by atoms with van der Waals surface area (Å²) in [4.78, 5) is 6.41. The molecule has 2 aromatic rings. The fourth-order valence-corrected chi connectivity index (χ4v) is 1.39. The van der Waals surface area contributed by atoms with Gasteiger partial charge in [0.25, 0.3) is 0 Å². The Morgan fingerprint density at radius 2 is 1.50 bits per heavy atom. The first-order valence-electron chi connectivity index (χ1n) is 4.14. The summed E-state index contributed by atoms with van der Waals surface area (Å²) in [6, 6.07) is 8.25. The standard InChI is InChI=1S/C10H12N2/c1-8(9-4-2-6-11-9)10-5-3-7-12-10/h2-8,11-12H,1H3. The van der Waals surface area contributed by atoms with Crippen molar-refractivity contribution in [2.75, 3.05) is 0 Å². The van der Waals surface area contributed by atoms with Crippen LogP contribution in [0.2, 0.25) is 0 Å². The van der Waals surface area contributed by atoms with Gasteiger partial charge in [0.15, 0.2) is 0 Å². The minimum absolute atomic E-state index is 0.426. The molecular formula is C10H12N2. The molecule has 0 saturated carbocycles. The predicted octanol–water partition coefficient (Wildman–Crippen LogP) is 2.49. The Labute approximate surface area is 71.6 Å². The number of aromatic nitrogens is 2. The van der Waals surface area contributed by atoms with Crippen molar-refractivity contribution in [3.63, 3.8) is 0 Å². The van der Waals surface area contributed by atoms with Gasteiger partial charge in [0.05, 0.1) is 0 Å². The maximum Gasteiger partial charge on any atom is 0.0363 e. The highest BCUT2D eigenvalue weighted by molar-refractivity contribution is 5.21. The van der Waals surface area contributed by atoms with Crippen molar-refractivity contribution in [3.05, 3.63) is 48.0 Å². The van der Waals surface area contributed by atoms with Crippen molar-refractivity contribution in [3.8, 4) is 0 Å². The molecule has 0 amide bonds. The number of aromatic amines is 2. The number of nitrogens with one attached hydrogen (secondary N) is 2. The van der Waals surface area contributed by atoms with Gasteiger partial charge in [0.1, 0.15) is 0 Å². The Balaban J connectivity index is 2.27. The van der Waals surface area contributed by atoms with Gasteiger partial charge in [-0.2, -0.15) is 0 Å². The predicted molar refractivity (Wildman–Crippen MR) is 49.1 cm³/mol. The zero-order chi connectivity index (χ0) is 8.39. The van der Waals surface area contributed by atoms with Gasteiger partial charge in [-0.25, -0.2) is 0 Å². The molecule has 2 heterocycles. The summed E-state index contributed by atoms with van der Waals surface area (Å²) >= 11 is 0. The third kappa shape index (κ3) is 1.16. The molecule has 2 heteroatoms. The van der Waals surface area contributed by atoms with E-state index in [1.807, 2.05) is 24.5 Å². The molecule has 0 atom stereocenters. The van der Waals surface area contributed by atoms with Crippen molar-refractivity contribution >= 4 is 0 Å². The summed E-state index contributed by atoms with van der Waals surface area (Å²) in [7, 11) is 0. The van der Waals surface area contributed by atoms with E-state index in [0.29, 0.717) is 5.92 Å². The average Bonchev–Trinajstić information content (AvgIpc) is 2.77. The first kappa shape index (κ1) is 7.22. The number of H-pyrrole nitrogens is 2. The lowest BCUT2D eigenvalue weighted by molar-refractivity contribution is 0.851. The molecule has 2 aromatic heterocycles. The average molecular weight is 160 g/mol. The first-order chi connectivity index (χ1) is 5.88. The molecule has 0 aromatic carbocycles. The smallest absolute Gasteiger partial charge is 0.0363 e. The Bertz CT molecular complexity index is 284. The third-order valence-electron chi connectivity index (χ3n) is 2.18. The summed E-state index contributed by atoms with van der Waals surface area (Å²) in [5, 5.41) is 0. The highest BCUT2D eigenvalue weighted by atomic mass is 14.7. The van der Waals surface area contributed by atoms with Crippen LogP contribution in [0.3, 0.4) is 0 Å². The molecule has 0 spiro atoms. The molecule has 2 nitrogen and oxygen atoms in total. The molecule has 0 radical (unpaired) electrons. The third-order valence-corrected chi connectivity index (χ3v) is 2.18. The number of rotatable bonds is 2. The van der Waals surface area contributed by atoms with E-state index in [4.69, 9.17) is 0 Å². The summed E-state index contributed by atoms with van der Waals surface area (Å²) in [6.07, 6.45) is 3.91. The maximum absolute atomic E-state index is 3.21. The number of hydrogen-bond acceptors (Lipinski definition) is 0. The van der Waals surface area contributed by atoms with Gasteiger partial charge in [0, 0.05) is 29.7 Å². The lowest BCUT2D eigenvalue weighted by atomic mass is 10.1. The van der Waals surface area contributed by atoms with Crippen LogP contribution in [0.25, 0.3) is 0 Å². The van der Waals surface area contributed by atoms with Crippen molar-refractivity contribution < 1.29 is 0 Å². The van der Waals surface area contributed by atoms with Crippen LogP contribution in [0.15, 0.2) is 36.7 Å². The molecule has 0 saturated heterocycles. The minimum atomic E-state index is 0.426. The van der Waals surface area contributed by atoms with Crippen LogP contribution in [0, 0.1) is 0 Å². The molecule has 0 fully saturated rings. The molecule has 0 bridgehead atoms. The summed E-state index contributed by atoms with van der Waals surface area (Å²) in [5.74, 6) is 0.426. The largest absolute Gasteiger partial charge is 0.364 e. The van der Waals surface area contributed by atoms with Crippen molar-refractivity contribution in [1.29, 1.82) is 0 Å². The Morgan fingerprint density at radius 1 is 1.00 bits per heavy atom. The minimum Gasteiger partial charge on any atom is -0.364 e. The summed E-state index contributed by atoms with van der Waals surface area (Å²) < 4.78 is 0. The van der Waals surface area contributed by atoms with Gasteiger partial charge in [-0.15, -0.1) is 0 Å². The van der Waals surface area contributed by atoms with E-state index in [-0.39, 0.29) is 0 Å². The van der Waals surface area contributed by atoms with Crippen LogP contribution in [0.4, 0.5) is 0 Å². The lowest BCUT2D eigenvalue weighted by Crippen LogP contribution is -1.95. The number of hydrogen-bond donors (Lipinski definition) is 2. The lowest BCUT2D eigenvalue weighted by Gasteiger charge is -2.06. The fourth-order valence-electron chi connectivity index (χ4n) is 1.39. The van der Waals surface area contributed by atoms with Crippen LogP contribution in [-0.2, 0) is 0 Å². The second-order valence-electron chi connectivity index (χ2n) is 2.97. The molecule has 0 aliphatic rings. The van der Waals surface area contributed by atoms with E-state index in [1.54, 1.807) is 0 Å². The molecule has 2 rings (SSSR count). The molecule has 0 aliphatic heterocycles. The Kier molecular flexibility index (Phi) is 1.74. The van der Waals surface area contributed by atoms with E-state index in [9.17, 15) is 0 Å². The van der Waals surface area contributed by atoms with Crippen LogP contribution in [0.5, 0.6) is 0 Å². The molecule has 2 N–H and O–H groups in total. The summed E-state index contributed by atoms with van der Waals surface area (Å²) in [6.45, 7) is 2.18. The second kappa shape index (κ2) is 2.89. The summed E-state index contributed by atoms with van der Waals surface area (Å²) in [5.41, 5.74) is 2.50. The zero-order valence-corrected chi connectivity index (χ0v) is 7.04. The van der Waals surface area contributed by atoms with Crippen molar-refractivity contribution in [2.45, 2.75) is 12.8 Å². The topological polar surface area (TPSA) is 31.6 Å². The fraction of sp³-hybridized carbons (Fsp3) is 0.200. The van der Waals surface area contributed by atoms with Gasteiger partial charge in [-0.05, 0) is 24.3 Å². The van der Waals surface area contributed by atoms with E-state index in [0.717, 1.165) is 0 Å².